The topological polar surface area (TPSA) is 55.1 Å². The predicted octanol–water partition coefficient (Wildman–Crippen LogP) is 2.59. The molecule has 2 rings (SSSR count). The fourth-order valence-corrected chi connectivity index (χ4v) is 3.48. The van der Waals surface area contributed by atoms with Gasteiger partial charge in [-0.2, -0.15) is 0 Å². The summed E-state index contributed by atoms with van der Waals surface area (Å²) in [5.41, 5.74) is 6.20. The first-order valence-corrected chi connectivity index (χ1v) is 7.74. The van der Waals surface area contributed by atoms with Gasteiger partial charge in [-0.15, -0.1) is 0 Å². The molecule has 3 atom stereocenters. The van der Waals surface area contributed by atoms with Crippen molar-refractivity contribution in [2.24, 2.45) is 17.6 Å². The molecule has 2 aliphatic rings. The van der Waals surface area contributed by atoms with E-state index in [9.17, 15) is 4.79 Å². The lowest BCUT2D eigenvalue weighted by Crippen LogP contribution is -2.49. The van der Waals surface area contributed by atoms with E-state index in [2.05, 4.69) is 12.2 Å². The average Bonchev–Trinajstić information content (AvgIpc) is 2.61. The van der Waals surface area contributed by atoms with Gasteiger partial charge in [-0.25, -0.2) is 0 Å². The fraction of sp³-hybridized carbons (Fsp3) is 0.933. The number of hydrogen-bond acceptors (Lipinski definition) is 2. The smallest absolute Gasteiger partial charge is 0.224 e. The van der Waals surface area contributed by atoms with Crippen molar-refractivity contribution < 1.29 is 4.79 Å². The third-order valence-corrected chi connectivity index (χ3v) is 4.83. The van der Waals surface area contributed by atoms with E-state index in [4.69, 9.17) is 5.73 Å². The molecule has 0 heterocycles. The Labute approximate surface area is 111 Å². The third-order valence-electron chi connectivity index (χ3n) is 4.83. The molecule has 2 aliphatic carbocycles. The van der Waals surface area contributed by atoms with Crippen LogP contribution in [0, 0.1) is 11.8 Å². The zero-order valence-corrected chi connectivity index (χ0v) is 11.7. The van der Waals surface area contributed by atoms with Gasteiger partial charge >= 0.3 is 0 Å². The summed E-state index contributed by atoms with van der Waals surface area (Å²) in [6.45, 7) is 2.18. The third kappa shape index (κ3) is 3.47. The highest BCUT2D eigenvalue weighted by atomic mass is 16.2. The summed E-state index contributed by atoms with van der Waals surface area (Å²) in [6.07, 6.45) is 10.8. The van der Waals surface area contributed by atoms with Crippen molar-refractivity contribution in [2.45, 2.75) is 76.8 Å². The first-order chi connectivity index (χ1) is 8.68. The van der Waals surface area contributed by atoms with E-state index < -0.39 is 0 Å². The molecule has 0 bridgehead atoms. The molecule has 104 valence electrons. The number of nitrogens with one attached hydrogen (secondary N) is 1. The number of nitrogens with two attached hydrogens (primary N) is 1. The summed E-state index contributed by atoms with van der Waals surface area (Å²) >= 11 is 0. The Morgan fingerprint density at radius 2 is 1.67 bits per heavy atom. The van der Waals surface area contributed by atoms with Gasteiger partial charge in [0.05, 0.1) is 5.92 Å². The van der Waals surface area contributed by atoms with Crippen LogP contribution in [-0.4, -0.2) is 18.0 Å². The molecule has 0 spiro atoms. The van der Waals surface area contributed by atoms with Crippen LogP contribution in [0.2, 0.25) is 0 Å². The summed E-state index contributed by atoms with van der Waals surface area (Å²) in [4.78, 5) is 12.3. The van der Waals surface area contributed by atoms with Crippen molar-refractivity contribution >= 4 is 5.91 Å². The van der Waals surface area contributed by atoms with E-state index in [1.807, 2.05) is 0 Å². The van der Waals surface area contributed by atoms with Crippen molar-refractivity contribution in [2.75, 3.05) is 0 Å². The van der Waals surface area contributed by atoms with Gasteiger partial charge in [0.15, 0.2) is 0 Å². The summed E-state index contributed by atoms with van der Waals surface area (Å²) in [5.74, 6) is 0.765. The fourth-order valence-electron chi connectivity index (χ4n) is 3.48. The Morgan fingerprint density at radius 3 is 2.33 bits per heavy atom. The standard InChI is InChI=1S/C15H28N2O/c1-11-7-6-10-13(14(11)16)15(18)17-12-8-4-2-3-5-9-12/h11-14H,2-10,16H2,1H3,(H,17,18). The van der Waals surface area contributed by atoms with Crippen LogP contribution >= 0.6 is 0 Å². The second-order valence-electron chi connectivity index (χ2n) is 6.29. The molecule has 0 aromatic heterocycles. The Morgan fingerprint density at radius 1 is 1.00 bits per heavy atom. The molecule has 2 fully saturated rings. The highest BCUT2D eigenvalue weighted by Gasteiger charge is 2.33. The summed E-state index contributed by atoms with van der Waals surface area (Å²) < 4.78 is 0. The maximum atomic E-state index is 12.3. The Hall–Kier alpha value is -0.570. The summed E-state index contributed by atoms with van der Waals surface area (Å²) in [5, 5.41) is 3.26. The highest BCUT2D eigenvalue weighted by molar-refractivity contribution is 5.79. The largest absolute Gasteiger partial charge is 0.353 e. The molecule has 18 heavy (non-hydrogen) atoms. The molecular weight excluding hydrogens is 224 g/mol. The molecule has 2 saturated carbocycles. The maximum absolute atomic E-state index is 12.3. The Balaban J connectivity index is 1.86. The quantitative estimate of drug-likeness (QED) is 0.742. The minimum atomic E-state index is 0.0528. The van der Waals surface area contributed by atoms with Crippen LogP contribution < -0.4 is 11.1 Å². The molecule has 0 aliphatic heterocycles. The van der Waals surface area contributed by atoms with E-state index in [0.29, 0.717) is 12.0 Å². The second kappa shape index (κ2) is 6.55. The van der Waals surface area contributed by atoms with Crippen molar-refractivity contribution in [3.63, 3.8) is 0 Å². The molecule has 0 saturated heterocycles. The molecule has 0 aromatic rings. The normalized spacial score (nSPS) is 34.9. The molecule has 0 radical (unpaired) electrons. The lowest BCUT2D eigenvalue weighted by molar-refractivity contribution is -0.127. The number of carbonyl (C=O) groups excluding carboxylic acids is 1. The van der Waals surface area contributed by atoms with E-state index in [1.54, 1.807) is 0 Å². The van der Waals surface area contributed by atoms with E-state index in [-0.39, 0.29) is 17.9 Å². The number of rotatable bonds is 2. The average molecular weight is 252 g/mol. The first-order valence-electron chi connectivity index (χ1n) is 7.74. The predicted molar refractivity (Wildman–Crippen MR) is 74.1 cm³/mol. The molecule has 3 heteroatoms. The summed E-state index contributed by atoms with van der Waals surface area (Å²) in [7, 11) is 0. The van der Waals surface area contributed by atoms with Crippen molar-refractivity contribution in [1.29, 1.82) is 0 Å². The van der Waals surface area contributed by atoms with Gasteiger partial charge in [0.2, 0.25) is 5.91 Å². The first kappa shape index (κ1) is 13.9. The number of amides is 1. The van der Waals surface area contributed by atoms with E-state index in [0.717, 1.165) is 25.7 Å². The van der Waals surface area contributed by atoms with Crippen molar-refractivity contribution in [3.05, 3.63) is 0 Å². The van der Waals surface area contributed by atoms with Gasteiger partial charge in [0, 0.05) is 12.1 Å². The van der Waals surface area contributed by atoms with Crippen LogP contribution in [0.1, 0.15) is 64.7 Å². The lowest BCUT2D eigenvalue weighted by atomic mass is 9.77. The van der Waals surface area contributed by atoms with Crippen LogP contribution in [0.5, 0.6) is 0 Å². The molecule has 3 nitrogen and oxygen atoms in total. The SMILES string of the molecule is CC1CCCC(C(=O)NC2CCCCCC2)C1N. The van der Waals surface area contributed by atoms with Crippen LogP contribution in [0.15, 0.2) is 0 Å². The van der Waals surface area contributed by atoms with Crippen LogP contribution in [-0.2, 0) is 4.79 Å². The van der Waals surface area contributed by atoms with Crippen molar-refractivity contribution in [3.8, 4) is 0 Å². The van der Waals surface area contributed by atoms with Gasteiger partial charge in [-0.3, -0.25) is 4.79 Å². The highest BCUT2D eigenvalue weighted by Crippen LogP contribution is 2.28. The van der Waals surface area contributed by atoms with E-state index >= 15 is 0 Å². The van der Waals surface area contributed by atoms with Gasteiger partial charge in [0.1, 0.15) is 0 Å². The van der Waals surface area contributed by atoms with Gasteiger partial charge < -0.3 is 11.1 Å². The van der Waals surface area contributed by atoms with Crippen molar-refractivity contribution in [1.82, 2.24) is 5.32 Å². The van der Waals surface area contributed by atoms with E-state index in [1.165, 1.54) is 32.1 Å². The zero-order chi connectivity index (χ0) is 13.0. The minimum absolute atomic E-state index is 0.0528. The molecule has 3 unspecified atom stereocenters. The second-order valence-corrected chi connectivity index (χ2v) is 6.29. The molecule has 0 aromatic carbocycles. The monoisotopic (exact) mass is 252 g/mol. The molecule has 1 amide bonds. The number of hydrogen-bond donors (Lipinski definition) is 2. The Kier molecular flexibility index (Phi) is 5.04. The molecule has 3 N–H and O–H groups in total. The molecular formula is C15H28N2O. The Bertz CT molecular complexity index is 272. The lowest BCUT2D eigenvalue weighted by Gasteiger charge is -2.33. The van der Waals surface area contributed by atoms with Gasteiger partial charge in [-0.05, 0) is 31.6 Å². The number of carbonyl (C=O) groups is 1. The van der Waals surface area contributed by atoms with Crippen LogP contribution in [0.25, 0.3) is 0 Å². The summed E-state index contributed by atoms with van der Waals surface area (Å²) in [6, 6.07) is 0.467. The maximum Gasteiger partial charge on any atom is 0.224 e. The van der Waals surface area contributed by atoms with Crippen LogP contribution in [0.3, 0.4) is 0 Å². The minimum Gasteiger partial charge on any atom is -0.353 e. The van der Waals surface area contributed by atoms with Gasteiger partial charge in [0.25, 0.3) is 0 Å². The van der Waals surface area contributed by atoms with Gasteiger partial charge in [-0.1, -0.05) is 39.0 Å². The van der Waals surface area contributed by atoms with Crippen LogP contribution in [0.4, 0.5) is 0 Å². The zero-order valence-electron chi connectivity index (χ0n) is 11.7.